The van der Waals surface area contributed by atoms with Crippen LogP contribution in [0, 0.1) is 19.3 Å². The van der Waals surface area contributed by atoms with Gasteiger partial charge >= 0.3 is 0 Å². The Morgan fingerprint density at radius 1 is 1.19 bits per heavy atom. The summed E-state index contributed by atoms with van der Waals surface area (Å²) in [5, 5.41) is 0.144. The van der Waals surface area contributed by atoms with Crippen molar-refractivity contribution in [1.29, 1.82) is 0 Å². The maximum absolute atomic E-state index is 12.8. The summed E-state index contributed by atoms with van der Waals surface area (Å²) in [4.78, 5) is 0.254. The van der Waals surface area contributed by atoms with E-state index in [0.717, 1.165) is 5.56 Å². The molecule has 0 saturated carbocycles. The van der Waals surface area contributed by atoms with Gasteiger partial charge in [-0.25, -0.2) is 8.42 Å². The van der Waals surface area contributed by atoms with Gasteiger partial charge < -0.3 is 4.43 Å². The summed E-state index contributed by atoms with van der Waals surface area (Å²) < 4.78 is 32.9. The van der Waals surface area contributed by atoms with Crippen molar-refractivity contribution in [2.24, 2.45) is 0 Å². The summed E-state index contributed by atoms with van der Waals surface area (Å²) in [5.41, 5.74) is 1.01. The number of hydrogen-bond donors (Lipinski definition) is 0. The van der Waals surface area contributed by atoms with Gasteiger partial charge in [-0.1, -0.05) is 56.5 Å². The zero-order valence-electron chi connectivity index (χ0n) is 16.7. The molecule has 6 heteroatoms. The Kier molecular flexibility index (Phi) is 7.84. The highest BCUT2D eigenvalue weighted by Gasteiger charge is 2.36. The second kappa shape index (κ2) is 9.00. The van der Waals surface area contributed by atoms with E-state index in [4.69, 9.17) is 10.8 Å². The van der Waals surface area contributed by atoms with Gasteiger partial charge in [-0.2, -0.15) is 4.31 Å². The summed E-state index contributed by atoms with van der Waals surface area (Å²) in [6.07, 6.45) is 9.04. The maximum atomic E-state index is 12.8. The highest BCUT2D eigenvalue weighted by Crippen LogP contribution is 2.36. The van der Waals surface area contributed by atoms with E-state index in [1.54, 1.807) is 30.3 Å². The third-order valence-electron chi connectivity index (χ3n) is 4.75. The monoisotopic (exact) mass is 393 g/mol. The van der Waals surface area contributed by atoms with Crippen LogP contribution in [0.1, 0.15) is 26.3 Å². The Morgan fingerprint density at radius 3 is 2.27 bits per heavy atom. The van der Waals surface area contributed by atoms with E-state index in [1.165, 1.54) is 4.31 Å². The van der Waals surface area contributed by atoms with Crippen LogP contribution in [0.3, 0.4) is 0 Å². The molecule has 1 aromatic carbocycles. The van der Waals surface area contributed by atoms with Crippen LogP contribution >= 0.6 is 0 Å². The molecule has 0 fully saturated rings. The molecule has 0 unspecified atom stereocenters. The van der Waals surface area contributed by atoms with Gasteiger partial charge in [-0.05, 0) is 37.2 Å². The topological polar surface area (TPSA) is 46.6 Å². The highest BCUT2D eigenvalue weighted by atomic mass is 32.2. The Balaban J connectivity index is 2.77. The molecule has 0 spiro atoms. The molecule has 0 aromatic heterocycles. The molecular formula is C20H31NO3SSi. The summed E-state index contributed by atoms with van der Waals surface area (Å²) >= 11 is 0. The molecule has 0 heterocycles. The molecule has 1 rings (SSSR count). The van der Waals surface area contributed by atoms with Crippen LogP contribution in [-0.2, 0) is 14.4 Å². The van der Waals surface area contributed by atoms with Crippen molar-refractivity contribution in [3.05, 3.63) is 42.0 Å². The first-order valence-corrected chi connectivity index (χ1v) is 13.1. The molecule has 0 bridgehead atoms. The molecule has 0 atom stereocenters. The zero-order chi connectivity index (χ0) is 20.0. The fourth-order valence-corrected chi connectivity index (χ4v) is 4.19. The van der Waals surface area contributed by atoms with Gasteiger partial charge in [0.2, 0.25) is 10.0 Å². The third-order valence-corrected chi connectivity index (χ3v) is 11.1. The van der Waals surface area contributed by atoms with Gasteiger partial charge in [0.25, 0.3) is 0 Å². The van der Waals surface area contributed by atoms with Crippen molar-refractivity contribution in [1.82, 2.24) is 4.31 Å². The van der Waals surface area contributed by atoms with Crippen molar-refractivity contribution >= 4 is 18.3 Å². The minimum Gasteiger partial charge on any atom is -0.413 e. The molecular weight excluding hydrogens is 362 g/mol. The minimum atomic E-state index is -3.61. The van der Waals surface area contributed by atoms with Gasteiger partial charge in [-0.15, -0.1) is 6.42 Å². The van der Waals surface area contributed by atoms with Gasteiger partial charge in [0.15, 0.2) is 8.32 Å². The van der Waals surface area contributed by atoms with E-state index in [2.05, 4.69) is 39.8 Å². The number of aryl methyl sites for hydroxylation is 1. The Morgan fingerprint density at radius 2 is 1.77 bits per heavy atom. The SMILES string of the molecule is C#CCN(C/C=C\CO[Si](C)(C)C(C)(C)C)S(=O)(=O)c1ccc(C)cc1. The molecule has 144 valence electrons. The standard InChI is InChI=1S/C20H31NO3SSi/c1-8-15-21(25(22,23)19-13-11-18(2)12-14-19)16-9-10-17-24-26(6,7)20(3,4)5/h1,9-14H,15-17H2,2-7H3/b10-9-. The highest BCUT2D eigenvalue weighted by molar-refractivity contribution is 7.89. The predicted octanol–water partition coefficient (Wildman–Crippen LogP) is 4.20. The van der Waals surface area contributed by atoms with Gasteiger partial charge in [0.1, 0.15) is 0 Å². The largest absolute Gasteiger partial charge is 0.413 e. The molecule has 26 heavy (non-hydrogen) atoms. The third kappa shape index (κ3) is 6.10. The van der Waals surface area contributed by atoms with E-state index in [0.29, 0.717) is 6.61 Å². The van der Waals surface area contributed by atoms with Crippen molar-refractivity contribution in [2.75, 3.05) is 19.7 Å². The van der Waals surface area contributed by atoms with Crippen LogP contribution in [0.5, 0.6) is 0 Å². The molecule has 0 aliphatic carbocycles. The van der Waals surface area contributed by atoms with Gasteiger partial charge in [0, 0.05) is 6.54 Å². The van der Waals surface area contributed by atoms with Gasteiger partial charge in [-0.3, -0.25) is 0 Å². The zero-order valence-corrected chi connectivity index (χ0v) is 18.6. The molecule has 0 radical (unpaired) electrons. The summed E-state index contributed by atoms with van der Waals surface area (Å²) in [6, 6.07) is 6.78. The quantitative estimate of drug-likeness (QED) is 0.378. The van der Waals surface area contributed by atoms with E-state index in [-0.39, 0.29) is 23.0 Å². The van der Waals surface area contributed by atoms with Crippen LogP contribution in [0.2, 0.25) is 18.1 Å². The first-order valence-electron chi connectivity index (χ1n) is 8.71. The number of sulfonamides is 1. The second-order valence-corrected chi connectivity index (χ2v) is 14.6. The molecule has 1 aromatic rings. The maximum Gasteiger partial charge on any atom is 0.244 e. The Labute approximate surface area is 160 Å². The minimum absolute atomic E-state index is 0.0314. The summed E-state index contributed by atoms with van der Waals surface area (Å²) in [6.45, 7) is 13.6. The average molecular weight is 394 g/mol. The number of nitrogens with zero attached hydrogens (tertiary/aromatic N) is 1. The first kappa shape index (κ1) is 22.6. The van der Waals surface area contributed by atoms with E-state index in [9.17, 15) is 8.42 Å². The fraction of sp³-hybridized carbons (Fsp3) is 0.500. The summed E-state index contributed by atoms with van der Waals surface area (Å²) in [7, 11) is -5.42. The van der Waals surface area contributed by atoms with Crippen molar-refractivity contribution < 1.29 is 12.8 Å². The number of hydrogen-bond acceptors (Lipinski definition) is 3. The lowest BCUT2D eigenvalue weighted by Gasteiger charge is -2.35. The molecule has 0 aliphatic rings. The Hall–Kier alpha value is -1.39. The van der Waals surface area contributed by atoms with Crippen LogP contribution in [0.15, 0.2) is 41.3 Å². The van der Waals surface area contributed by atoms with Gasteiger partial charge in [0.05, 0.1) is 18.0 Å². The Bertz CT molecular complexity index is 754. The first-order chi connectivity index (χ1) is 11.9. The molecule has 0 saturated heterocycles. The van der Waals surface area contributed by atoms with Crippen molar-refractivity contribution in [3.8, 4) is 12.3 Å². The normalized spacial score (nSPS) is 13.3. The van der Waals surface area contributed by atoms with E-state index in [1.807, 2.05) is 13.0 Å². The number of rotatable bonds is 8. The second-order valence-electron chi connectivity index (χ2n) is 7.86. The van der Waals surface area contributed by atoms with E-state index < -0.39 is 18.3 Å². The summed E-state index contributed by atoms with van der Waals surface area (Å²) in [5.74, 6) is 2.43. The van der Waals surface area contributed by atoms with Crippen LogP contribution in [0.4, 0.5) is 0 Å². The van der Waals surface area contributed by atoms with Crippen LogP contribution in [-0.4, -0.2) is 40.7 Å². The number of benzene rings is 1. The average Bonchev–Trinajstić information content (AvgIpc) is 2.52. The lowest BCUT2D eigenvalue weighted by atomic mass is 10.2. The lowest BCUT2D eigenvalue weighted by Crippen LogP contribution is -2.40. The molecule has 0 N–H and O–H groups in total. The van der Waals surface area contributed by atoms with Crippen LogP contribution < -0.4 is 0 Å². The van der Waals surface area contributed by atoms with Crippen molar-refractivity contribution in [3.63, 3.8) is 0 Å². The predicted molar refractivity (Wildman–Crippen MR) is 111 cm³/mol. The molecule has 0 aliphatic heterocycles. The van der Waals surface area contributed by atoms with Crippen molar-refractivity contribution in [2.45, 2.75) is 50.7 Å². The molecule has 0 amide bonds. The smallest absolute Gasteiger partial charge is 0.244 e. The number of terminal acetylenes is 1. The van der Waals surface area contributed by atoms with E-state index >= 15 is 0 Å². The lowest BCUT2D eigenvalue weighted by molar-refractivity contribution is 0.327. The fourth-order valence-electron chi connectivity index (χ4n) is 1.94. The molecule has 4 nitrogen and oxygen atoms in total. The van der Waals surface area contributed by atoms with Crippen LogP contribution in [0.25, 0.3) is 0 Å².